The van der Waals surface area contributed by atoms with Crippen LogP contribution < -0.4 is 4.74 Å². The number of phenolic OH excluding ortho intramolecular Hbond substituents is 1. The maximum absolute atomic E-state index is 9.47. The van der Waals surface area contributed by atoms with Gasteiger partial charge in [-0.25, -0.2) is 0 Å². The maximum Gasteiger partial charge on any atom is 0.163 e. The third-order valence-corrected chi connectivity index (χ3v) is 2.27. The van der Waals surface area contributed by atoms with Gasteiger partial charge in [0.2, 0.25) is 0 Å². The van der Waals surface area contributed by atoms with Crippen LogP contribution in [0.15, 0.2) is 24.0 Å². The molecule has 0 radical (unpaired) electrons. The Morgan fingerprint density at radius 2 is 1.81 bits per heavy atom. The summed E-state index contributed by atoms with van der Waals surface area (Å²) in [5, 5.41) is 9.47. The zero-order valence-corrected chi connectivity index (χ0v) is 9.90. The summed E-state index contributed by atoms with van der Waals surface area (Å²) >= 11 is 0. The molecule has 0 saturated carbocycles. The molecule has 0 bridgehead atoms. The van der Waals surface area contributed by atoms with E-state index < -0.39 is 0 Å². The first-order valence-corrected chi connectivity index (χ1v) is 4.80. The molecule has 88 valence electrons. The zero-order valence-electron chi connectivity index (χ0n) is 9.90. The van der Waals surface area contributed by atoms with Gasteiger partial charge < -0.3 is 19.3 Å². The minimum absolute atomic E-state index is 0.0942. The average Bonchev–Trinajstić information content (AvgIpc) is 2.31. The van der Waals surface area contributed by atoms with E-state index in [0.29, 0.717) is 17.3 Å². The van der Waals surface area contributed by atoms with Gasteiger partial charge in [0.1, 0.15) is 5.76 Å². The van der Waals surface area contributed by atoms with Crippen molar-refractivity contribution >= 4 is 5.76 Å². The molecule has 0 fully saturated rings. The van der Waals surface area contributed by atoms with Gasteiger partial charge >= 0.3 is 0 Å². The predicted molar refractivity (Wildman–Crippen MR) is 61.3 cm³/mol. The number of rotatable bonds is 4. The predicted octanol–water partition coefficient (Wildman–Crippen LogP) is 2.38. The summed E-state index contributed by atoms with van der Waals surface area (Å²) in [5.41, 5.74) is 0.788. The van der Waals surface area contributed by atoms with Gasteiger partial charge in [-0.1, -0.05) is 0 Å². The number of hydrogen-bond donors (Lipinski definition) is 1. The summed E-state index contributed by atoms with van der Waals surface area (Å²) < 4.78 is 15.4. The lowest BCUT2D eigenvalue weighted by molar-refractivity contribution is 0.267. The molecule has 0 aromatic heterocycles. The normalized spacial score (nSPS) is 11.8. The van der Waals surface area contributed by atoms with Crippen molar-refractivity contribution in [1.82, 2.24) is 0 Å². The maximum atomic E-state index is 9.47. The molecule has 4 nitrogen and oxygen atoms in total. The van der Waals surface area contributed by atoms with Gasteiger partial charge in [0.15, 0.2) is 17.3 Å². The Bertz CT molecular complexity index is 396. The summed E-state index contributed by atoms with van der Waals surface area (Å²) in [6.45, 7) is 1.80. The van der Waals surface area contributed by atoms with Crippen molar-refractivity contribution in [3.05, 3.63) is 29.5 Å². The van der Waals surface area contributed by atoms with Crippen molar-refractivity contribution in [2.75, 3.05) is 21.3 Å². The van der Waals surface area contributed by atoms with Crippen LogP contribution in [0, 0.1) is 0 Å². The molecule has 0 spiro atoms. The average molecular weight is 224 g/mol. The van der Waals surface area contributed by atoms with Gasteiger partial charge in [-0.05, 0) is 25.1 Å². The van der Waals surface area contributed by atoms with Crippen LogP contribution in [0.25, 0.3) is 5.76 Å². The Hall–Kier alpha value is -1.84. The number of allylic oxidation sites excluding steroid dienone is 1. The van der Waals surface area contributed by atoms with E-state index in [1.54, 1.807) is 39.3 Å². The summed E-state index contributed by atoms with van der Waals surface area (Å²) in [5.74, 6) is 1.77. The molecule has 0 aliphatic carbocycles. The van der Waals surface area contributed by atoms with Crippen molar-refractivity contribution in [3.8, 4) is 11.5 Å². The fourth-order valence-electron chi connectivity index (χ4n) is 1.38. The fourth-order valence-corrected chi connectivity index (χ4v) is 1.38. The van der Waals surface area contributed by atoms with Crippen LogP contribution in [-0.4, -0.2) is 26.4 Å². The van der Waals surface area contributed by atoms with Crippen LogP contribution in [0.5, 0.6) is 11.5 Å². The lowest BCUT2D eigenvalue weighted by Gasteiger charge is -2.12. The van der Waals surface area contributed by atoms with Gasteiger partial charge in [0.25, 0.3) is 0 Å². The van der Waals surface area contributed by atoms with Gasteiger partial charge in [-0.3, -0.25) is 0 Å². The van der Waals surface area contributed by atoms with Crippen molar-refractivity contribution < 1.29 is 19.3 Å². The Balaban J connectivity index is 3.22. The summed E-state index contributed by atoms with van der Waals surface area (Å²) in [6, 6.07) is 4.98. The van der Waals surface area contributed by atoms with Gasteiger partial charge in [0, 0.05) is 5.56 Å². The molecule has 0 unspecified atom stereocenters. The van der Waals surface area contributed by atoms with Crippen molar-refractivity contribution in [2.24, 2.45) is 0 Å². The highest BCUT2D eigenvalue weighted by Crippen LogP contribution is 2.30. The highest BCUT2D eigenvalue weighted by atomic mass is 16.5. The Kier molecular flexibility index (Phi) is 4.05. The first kappa shape index (κ1) is 12.2. The van der Waals surface area contributed by atoms with Crippen molar-refractivity contribution in [1.29, 1.82) is 0 Å². The number of hydrogen-bond acceptors (Lipinski definition) is 4. The zero-order chi connectivity index (χ0) is 12.1. The topological polar surface area (TPSA) is 47.9 Å². The number of benzene rings is 1. The second-order valence-corrected chi connectivity index (χ2v) is 3.18. The molecule has 0 amide bonds. The SMILES string of the molecule is COC(C)=C(OC)c1ccc(O)c(OC)c1. The fraction of sp³-hybridized carbons (Fsp3) is 0.333. The van der Waals surface area contributed by atoms with E-state index in [4.69, 9.17) is 14.2 Å². The minimum atomic E-state index is 0.0942. The molecule has 16 heavy (non-hydrogen) atoms. The molecule has 0 aliphatic heterocycles. The van der Waals surface area contributed by atoms with Gasteiger partial charge in [-0.2, -0.15) is 0 Å². The largest absolute Gasteiger partial charge is 0.504 e. The molecule has 4 heteroatoms. The molecule has 1 rings (SSSR count). The molecular formula is C12H16O4. The number of aromatic hydroxyl groups is 1. The molecule has 1 aromatic rings. The van der Waals surface area contributed by atoms with Crippen LogP contribution in [0.1, 0.15) is 12.5 Å². The Morgan fingerprint density at radius 3 is 2.31 bits per heavy atom. The van der Waals surface area contributed by atoms with E-state index in [0.717, 1.165) is 5.56 Å². The van der Waals surface area contributed by atoms with Gasteiger partial charge in [0.05, 0.1) is 21.3 Å². The van der Waals surface area contributed by atoms with E-state index in [1.807, 2.05) is 0 Å². The lowest BCUT2D eigenvalue weighted by Crippen LogP contribution is -1.95. The Morgan fingerprint density at radius 1 is 1.12 bits per heavy atom. The van der Waals surface area contributed by atoms with E-state index in [-0.39, 0.29) is 5.75 Å². The molecular weight excluding hydrogens is 208 g/mol. The third kappa shape index (κ3) is 2.39. The summed E-state index contributed by atoms with van der Waals surface area (Å²) in [6.07, 6.45) is 0. The third-order valence-electron chi connectivity index (χ3n) is 2.27. The summed E-state index contributed by atoms with van der Waals surface area (Å²) in [7, 11) is 4.64. The van der Waals surface area contributed by atoms with Crippen LogP contribution in [0.4, 0.5) is 0 Å². The molecule has 0 aliphatic rings. The minimum Gasteiger partial charge on any atom is -0.504 e. The van der Waals surface area contributed by atoms with E-state index in [2.05, 4.69) is 0 Å². The quantitative estimate of drug-likeness (QED) is 0.798. The van der Waals surface area contributed by atoms with Crippen molar-refractivity contribution in [2.45, 2.75) is 6.92 Å². The molecule has 0 atom stereocenters. The highest BCUT2D eigenvalue weighted by molar-refractivity contribution is 5.64. The lowest BCUT2D eigenvalue weighted by atomic mass is 10.1. The van der Waals surface area contributed by atoms with E-state index >= 15 is 0 Å². The number of ether oxygens (including phenoxy) is 3. The van der Waals surface area contributed by atoms with E-state index in [9.17, 15) is 5.11 Å². The second kappa shape index (κ2) is 5.30. The summed E-state index contributed by atoms with van der Waals surface area (Å²) in [4.78, 5) is 0. The monoisotopic (exact) mass is 224 g/mol. The molecule has 0 saturated heterocycles. The number of phenols is 1. The van der Waals surface area contributed by atoms with Crippen molar-refractivity contribution in [3.63, 3.8) is 0 Å². The van der Waals surface area contributed by atoms with E-state index in [1.165, 1.54) is 7.11 Å². The van der Waals surface area contributed by atoms with Crippen LogP contribution in [0.3, 0.4) is 0 Å². The second-order valence-electron chi connectivity index (χ2n) is 3.18. The first-order chi connectivity index (χ1) is 7.63. The standard InChI is InChI=1S/C12H16O4/c1-8(14-2)12(16-4)9-5-6-10(13)11(7-9)15-3/h5-7,13H,1-4H3. The first-order valence-electron chi connectivity index (χ1n) is 4.80. The van der Waals surface area contributed by atoms with Crippen LogP contribution in [-0.2, 0) is 9.47 Å². The molecule has 0 heterocycles. The van der Waals surface area contributed by atoms with Crippen LogP contribution >= 0.6 is 0 Å². The van der Waals surface area contributed by atoms with Gasteiger partial charge in [-0.15, -0.1) is 0 Å². The Labute approximate surface area is 95.1 Å². The molecule has 1 aromatic carbocycles. The highest BCUT2D eigenvalue weighted by Gasteiger charge is 2.10. The van der Waals surface area contributed by atoms with Crippen LogP contribution in [0.2, 0.25) is 0 Å². The number of methoxy groups -OCH3 is 3. The molecule has 1 N–H and O–H groups in total. The smallest absolute Gasteiger partial charge is 0.163 e.